The number of rotatable bonds is 6. The first-order valence-corrected chi connectivity index (χ1v) is 13.5. The number of ether oxygens (including phenoxy) is 1. The van der Waals surface area contributed by atoms with Gasteiger partial charge >= 0.3 is 6.09 Å². The monoisotopic (exact) mass is 487 g/mol. The van der Waals surface area contributed by atoms with Crippen LogP contribution in [-0.2, 0) is 14.8 Å². The summed E-state index contributed by atoms with van der Waals surface area (Å²) in [7, 11) is -3.72. The summed E-state index contributed by atoms with van der Waals surface area (Å²) < 4.78 is 34.6. The molecule has 3 rings (SSSR count). The van der Waals surface area contributed by atoms with Crippen LogP contribution in [0.2, 0.25) is 0 Å². The van der Waals surface area contributed by atoms with Gasteiger partial charge in [-0.2, -0.15) is 4.31 Å². The molecule has 1 fully saturated rings. The van der Waals surface area contributed by atoms with Gasteiger partial charge in [0.1, 0.15) is 11.4 Å². The van der Waals surface area contributed by atoms with E-state index in [4.69, 9.17) is 4.74 Å². The molecule has 1 amide bonds. The van der Waals surface area contributed by atoms with Gasteiger partial charge in [-0.15, -0.1) is 0 Å². The van der Waals surface area contributed by atoms with Gasteiger partial charge in [0.25, 0.3) is 0 Å². The predicted molar refractivity (Wildman–Crippen MR) is 134 cm³/mol. The molecule has 0 N–H and O–H groups in total. The number of sulfonamides is 1. The maximum absolute atomic E-state index is 13.7. The van der Waals surface area contributed by atoms with E-state index < -0.39 is 27.8 Å². The Balaban J connectivity index is 2.08. The van der Waals surface area contributed by atoms with E-state index >= 15 is 0 Å². The molecule has 0 spiro atoms. The van der Waals surface area contributed by atoms with E-state index in [0.717, 1.165) is 24.0 Å². The molecular weight excluding hydrogens is 450 g/mol. The molecule has 1 aromatic heterocycles. The van der Waals surface area contributed by atoms with Gasteiger partial charge in [-0.05, 0) is 72.1 Å². The van der Waals surface area contributed by atoms with Crippen LogP contribution in [0, 0.1) is 6.92 Å². The van der Waals surface area contributed by atoms with E-state index in [2.05, 4.69) is 4.98 Å². The molecule has 8 heteroatoms. The molecule has 34 heavy (non-hydrogen) atoms. The Hall–Kier alpha value is -2.45. The van der Waals surface area contributed by atoms with Crippen LogP contribution in [0.3, 0.4) is 0 Å². The molecular formula is C26H37N3O4S. The summed E-state index contributed by atoms with van der Waals surface area (Å²) in [4.78, 5) is 19.7. The van der Waals surface area contributed by atoms with Crippen LogP contribution in [0.25, 0.3) is 0 Å². The van der Waals surface area contributed by atoms with Crippen LogP contribution in [0.4, 0.5) is 10.6 Å². The van der Waals surface area contributed by atoms with E-state index in [1.807, 2.05) is 59.7 Å². The summed E-state index contributed by atoms with van der Waals surface area (Å²) in [6.45, 7) is 11.8. The maximum atomic E-state index is 13.7. The van der Waals surface area contributed by atoms with Gasteiger partial charge in [0.15, 0.2) is 0 Å². The Morgan fingerprint density at radius 1 is 1.21 bits per heavy atom. The minimum Gasteiger partial charge on any atom is -0.443 e. The molecule has 1 aliphatic rings. The van der Waals surface area contributed by atoms with Crippen molar-refractivity contribution in [2.75, 3.05) is 11.4 Å². The zero-order valence-corrected chi connectivity index (χ0v) is 21.9. The van der Waals surface area contributed by atoms with Crippen molar-refractivity contribution in [3.05, 3.63) is 53.7 Å². The Bertz CT molecular complexity index is 1090. The normalized spacial score (nSPS) is 18.4. The smallest absolute Gasteiger partial charge is 0.416 e. The quantitative estimate of drug-likeness (QED) is 0.511. The molecule has 7 nitrogen and oxygen atoms in total. The van der Waals surface area contributed by atoms with E-state index in [9.17, 15) is 13.2 Å². The molecule has 0 radical (unpaired) electrons. The summed E-state index contributed by atoms with van der Waals surface area (Å²) in [5, 5.41) is 0. The van der Waals surface area contributed by atoms with Crippen LogP contribution in [0.1, 0.15) is 77.5 Å². The van der Waals surface area contributed by atoms with Crippen LogP contribution in [0.15, 0.2) is 47.5 Å². The average molecular weight is 488 g/mol. The highest BCUT2D eigenvalue weighted by Gasteiger charge is 2.38. The molecule has 2 heterocycles. The van der Waals surface area contributed by atoms with Gasteiger partial charge in [0, 0.05) is 24.3 Å². The fraction of sp³-hybridized carbons (Fsp3) is 0.538. The average Bonchev–Trinajstić information content (AvgIpc) is 2.78. The lowest BCUT2D eigenvalue weighted by atomic mass is 9.97. The Morgan fingerprint density at radius 3 is 2.50 bits per heavy atom. The van der Waals surface area contributed by atoms with E-state index in [-0.39, 0.29) is 10.9 Å². The van der Waals surface area contributed by atoms with Gasteiger partial charge in [-0.25, -0.2) is 18.2 Å². The van der Waals surface area contributed by atoms with E-state index in [0.29, 0.717) is 25.2 Å². The summed E-state index contributed by atoms with van der Waals surface area (Å²) in [6, 6.07) is 10.0. The topological polar surface area (TPSA) is 79.8 Å². The highest BCUT2D eigenvalue weighted by Crippen LogP contribution is 2.39. The summed E-state index contributed by atoms with van der Waals surface area (Å²) in [6.07, 6.45) is 4.20. The zero-order valence-electron chi connectivity index (χ0n) is 21.1. The van der Waals surface area contributed by atoms with E-state index in [1.54, 1.807) is 33.6 Å². The van der Waals surface area contributed by atoms with Gasteiger partial charge < -0.3 is 4.74 Å². The number of anilines is 1. The number of hydrogen-bond donors (Lipinski definition) is 0. The molecule has 1 aliphatic heterocycles. The number of benzene rings is 1. The molecule has 0 aliphatic carbocycles. The molecule has 1 aromatic carbocycles. The van der Waals surface area contributed by atoms with Crippen molar-refractivity contribution in [1.82, 2.24) is 9.29 Å². The van der Waals surface area contributed by atoms with Gasteiger partial charge in [-0.3, -0.25) is 4.90 Å². The minimum atomic E-state index is -3.72. The van der Waals surface area contributed by atoms with Crippen LogP contribution >= 0.6 is 0 Å². The molecule has 2 atom stereocenters. The van der Waals surface area contributed by atoms with Crippen molar-refractivity contribution in [2.45, 2.75) is 89.8 Å². The van der Waals surface area contributed by atoms with Crippen molar-refractivity contribution in [3.63, 3.8) is 0 Å². The number of carbonyl (C=O) groups excluding carboxylic acids is 1. The van der Waals surface area contributed by atoms with Crippen LogP contribution in [0.5, 0.6) is 0 Å². The third-order valence-corrected chi connectivity index (χ3v) is 8.03. The molecule has 1 saturated heterocycles. The number of pyridine rings is 1. The van der Waals surface area contributed by atoms with Crippen LogP contribution in [-0.4, -0.2) is 42.0 Å². The van der Waals surface area contributed by atoms with Gasteiger partial charge in [0.2, 0.25) is 10.0 Å². The number of hydrogen-bond acceptors (Lipinski definition) is 5. The lowest BCUT2D eigenvalue weighted by Gasteiger charge is -2.38. The number of piperidine rings is 1. The third kappa shape index (κ3) is 5.78. The lowest BCUT2D eigenvalue weighted by Crippen LogP contribution is -2.44. The second-order valence-corrected chi connectivity index (χ2v) is 11.9. The molecule has 0 bridgehead atoms. The first kappa shape index (κ1) is 26.2. The van der Waals surface area contributed by atoms with Crippen molar-refractivity contribution in [3.8, 4) is 0 Å². The number of carbonyl (C=O) groups is 1. The number of aryl methyl sites for hydroxylation is 1. The number of aromatic nitrogens is 1. The van der Waals surface area contributed by atoms with Crippen molar-refractivity contribution in [1.29, 1.82) is 0 Å². The SMILES string of the molecule is CC[C@@H](C)N(C(=O)OC(C)(C)C)c1ncccc1[C@@H]1CCCCN1S(=O)(=O)c1ccc(C)cc1. The summed E-state index contributed by atoms with van der Waals surface area (Å²) >= 11 is 0. The molecule has 2 aromatic rings. The first-order chi connectivity index (χ1) is 16.0. The second kappa shape index (κ2) is 10.4. The fourth-order valence-corrected chi connectivity index (χ4v) is 5.86. The van der Waals surface area contributed by atoms with E-state index in [1.165, 1.54) is 0 Å². The standard InChI is InChI=1S/C26H37N3O4S/c1-7-20(3)29(25(30)33-26(4,5)6)24-22(11-10-17-27-24)23-12-8-9-18-28(23)34(31,32)21-15-13-19(2)14-16-21/h10-11,13-17,20,23H,7-9,12,18H2,1-6H3/t20-,23+/m1/s1. The summed E-state index contributed by atoms with van der Waals surface area (Å²) in [5.74, 6) is 0.460. The third-order valence-electron chi connectivity index (χ3n) is 6.11. The highest BCUT2D eigenvalue weighted by molar-refractivity contribution is 7.89. The highest BCUT2D eigenvalue weighted by atomic mass is 32.2. The largest absolute Gasteiger partial charge is 0.443 e. The van der Waals surface area contributed by atoms with Crippen LogP contribution < -0.4 is 4.90 Å². The van der Waals surface area contributed by atoms with Crippen molar-refractivity contribution < 1.29 is 17.9 Å². The Morgan fingerprint density at radius 2 is 1.88 bits per heavy atom. The Labute approximate surface area is 204 Å². The zero-order chi connectivity index (χ0) is 25.1. The minimum absolute atomic E-state index is 0.172. The maximum Gasteiger partial charge on any atom is 0.416 e. The van der Waals surface area contributed by atoms with Gasteiger partial charge in [0.05, 0.1) is 10.9 Å². The predicted octanol–water partition coefficient (Wildman–Crippen LogP) is 5.85. The number of nitrogens with zero attached hydrogens (tertiary/aromatic N) is 3. The Kier molecular flexibility index (Phi) is 8.03. The first-order valence-electron chi connectivity index (χ1n) is 12.0. The summed E-state index contributed by atoms with van der Waals surface area (Å²) in [5.41, 5.74) is 1.07. The molecule has 186 valence electrons. The number of amides is 1. The van der Waals surface area contributed by atoms with Crippen molar-refractivity contribution in [2.24, 2.45) is 0 Å². The lowest BCUT2D eigenvalue weighted by molar-refractivity contribution is 0.0565. The molecule has 0 saturated carbocycles. The molecule has 0 unspecified atom stereocenters. The van der Waals surface area contributed by atoms with Crippen molar-refractivity contribution >= 4 is 21.9 Å². The second-order valence-electron chi connectivity index (χ2n) is 9.96. The van der Waals surface area contributed by atoms with Gasteiger partial charge in [-0.1, -0.05) is 37.1 Å². The fourth-order valence-electron chi connectivity index (χ4n) is 4.19.